The van der Waals surface area contributed by atoms with Crippen LogP contribution >= 0.6 is 11.8 Å². The fourth-order valence-electron chi connectivity index (χ4n) is 2.36. The van der Waals surface area contributed by atoms with Gasteiger partial charge in [-0.3, -0.25) is 14.5 Å². The zero-order chi connectivity index (χ0) is 16.9. The van der Waals surface area contributed by atoms with Crippen LogP contribution in [0.25, 0.3) is 0 Å². The molecule has 6 heteroatoms. The molecule has 5 nitrogen and oxygen atoms in total. The molecule has 24 heavy (non-hydrogen) atoms. The summed E-state index contributed by atoms with van der Waals surface area (Å²) in [6.07, 6.45) is 0.0834. The second kappa shape index (κ2) is 7.31. The minimum atomic E-state index is -0.579. The van der Waals surface area contributed by atoms with Crippen molar-refractivity contribution in [2.75, 3.05) is 12.0 Å². The molecule has 1 unspecified atom stereocenters. The van der Waals surface area contributed by atoms with Gasteiger partial charge in [0.25, 0.3) is 0 Å². The number of para-hydroxylation sites is 2. The first kappa shape index (κ1) is 16.3. The largest absolute Gasteiger partial charge is 0.468 e. The Bertz CT molecular complexity index is 762. The normalized spacial score (nSPS) is 19.4. The predicted octanol–water partition coefficient (Wildman–Crippen LogP) is 3.39. The van der Waals surface area contributed by atoms with Crippen LogP contribution < -0.4 is 4.90 Å². The second-order valence-electron chi connectivity index (χ2n) is 5.13. The summed E-state index contributed by atoms with van der Waals surface area (Å²) in [5.74, 6) is -0.591. The Kier molecular flexibility index (Phi) is 4.96. The number of amides is 1. The SMILES string of the molecule is COC(=O)C1CC(=O)N(c2ccccc2)C(=Nc2ccccc2)S1. The van der Waals surface area contributed by atoms with E-state index in [0.717, 1.165) is 11.4 Å². The van der Waals surface area contributed by atoms with Crippen molar-refractivity contribution in [2.24, 2.45) is 4.99 Å². The fourth-order valence-corrected chi connectivity index (χ4v) is 3.51. The average molecular weight is 340 g/mol. The van der Waals surface area contributed by atoms with E-state index in [1.807, 2.05) is 60.7 Å². The lowest BCUT2D eigenvalue weighted by atomic mass is 10.2. The van der Waals surface area contributed by atoms with E-state index in [4.69, 9.17) is 4.74 Å². The molecule has 1 saturated heterocycles. The van der Waals surface area contributed by atoms with Crippen molar-refractivity contribution < 1.29 is 14.3 Å². The number of amidine groups is 1. The van der Waals surface area contributed by atoms with Gasteiger partial charge in [0.15, 0.2) is 5.17 Å². The molecule has 0 N–H and O–H groups in total. The minimum Gasteiger partial charge on any atom is -0.468 e. The zero-order valence-corrected chi connectivity index (χ0v) is 13.9. The molecule has 2 aromatic rings. The van der Waals surface area contributed by atoms with Crippen LogP contribution in [0, 0.1) is 0 Å². The number of carbonyl (C=O) groups excluding carboxylic acids is 2. The van der Waals surface area contributed by atoms with Gasteiger partial charge in [0.2, 0.25) is 5.91 Å². The average Bonchev–Trinajstić information content (AvgIpc) is 2.62. The number of aliphatic imine (C=N–C) groups is 1. The number of hydrogen-bond acceptors (Lipinski definition) is 5. The van der Waals surface area contributed by atoms with Crippen LogP contribution in [0.1, 0.15) is 6.42 Å². The van der Waals surface area contributed by atoms with Crippen molar-refractivity contribution in [3.05, 3.63) is 60.7 Å². The van der Waals surface area contributed by atoms with Crippen LogP contribution in [-0.2, 0) is 14.3 Å². The van der Waals surface area contributed by atoms with E-state index in [0.29, 0.717) is 5.17 Å². The van der Waals surface area contributed by atoms with Crippen LogP contribution in [0.2, 0.25) is 0 Å². The van der Waals surface area contributed by atoms with Gasteiger partial charge < -0.3 is 4.74 Å². The third kappa shape index (κ3) is 3.49. The highest BCUT2D eigenvalue weighted by molar-refractivity contribution is 8.15. The molecule has 0 saturated carbocycles. The molecule has 1 aliphatic heterocycles. The van der Waals surface area contributed by atoms with Gasteiger partial charge in [0, 0.05) is 0 Å². The van der Waals surface area contributed by atoms with E-state index in [2.05, 4.69) is 4.99 Å². The summed E-state index contributed by atoms with van der Waals surface area (Å²) in [6.45, 7) is 0. The van der Waals surface area contributed by atoms with Gasteiger partial charge in [0.1, 0.15) is 5.25 Å². The van der Waals surface area contributed by atoms with Gasteiger partial charge in [-0.05, 0) is 24.3 Å². The van der Waals surface area contributed by atoms with E-state index >= 15 is 0 Å². The Morgan fingerprint density at radius 1 is 1.12 bits per heavy atom. The van der Waals surface area contributed by atoms with Crippen molar-refractivity contribution >= 4 is 40.2 Å². The molecule has 0 bridgehead atoms. The molecule has 0 radical (unpaired) electrons. The predicted molar refractivity (Wildman–Crippen MR) is 95.5 cm³/mol. The van der Waals surface area contributed by atoms with Crippen molar-refractivity contribution in [2.45, 2.75) is 11.7 Å². The molecule has 1 aliphatic rings. The third-order valence-corrected chi connectivity index (χ3v) is 4.64. The first-order valence-corrected chi connectivity index (χ1v) is 8.33. The quantitative estimate of drug-likeness (QED) is 0.804. The van der Waals surface area contributed by atoms with Crippen LogP contribution in [0.4, 0.5) is 11.4 Å². The van der Waals surface area contributed by atoms with Crippen LogP contribution in [0.3, 0.4) is 0 Å². The maximum atomic E-state index is 12.7. The zero-order valence-electron chi connectivity index (χ0n) is 13.1. The standard InChI is InChI=1S/C18H16N2O3S/c1-23-17(22)15-12-16(21)20(14-10-6-3-7-11-14)18(24-15)19-13-8-4-2-5-9-13/h2-11,15H,12H2,1H3. The second-order valence-corrected chi connectivity index (χ2v) is 6.30. The number of carbonyl (C=O) groups is 2. The van der Waals surface area contributed by atoms with Crippen LogP contribution in [0.15, 0.2) is 65.7 Å². The number of anilines is 1. The topological polar surface area (TPSA) is 59.0 Å². The Balaban J connectivity index is 2.01. The number of nitrogens with zero attached hydrogens (tertiary/aromatic N) is 2. The van der Waals surface area contributed by atoms with Crippen LogP contribution in [-0.4, -0.2) is 29.4 Å². The summed E-state index contributed by atoms with van der Waals surface area (Å²) in [4.78, 5) is 30.7. The van der Waals surface area contributed by atoms with Crippen molar-refractivity contribution in [1.29, 1.82) is 0 Å². The molecule has 0 aromatic heterocycles. The lowest BCUT2D eigenvalue weighted by molar-refractivity contribution is -0.141. The van der Waals surface area contributed by atoms with Crippen molar-refractivity contribution in [3.8, 4) is 0 Å². The molecule has 1 heterocycles. The number of rotatable bonds is 3. The Morgan fingerprint density at radius 2 is 1.75 bits per heavy atom. The van der Waals surface area contributed by atoms with E-state index in [1.54, 1.807) is 4.90 Å². The van der Waals surface area contributed by atoms with Gasteiger partial charge in [-0.1, -0.05) is 48.2 Å². The van der Waals surface area contributed by atoms with Gasteiger partial charge in [-0.2, -0.15) is 0 Å². The molecule has 1 atom stereocenters. The van der Waals surface area contributed by atoms with E-state index in [1.165, 1.54) is 18.9 Å². The highest BCUT2D eigenvalue weighted by atomic mass is 32.2. The Hall–Kier alpha value is -2.60. The summed E-state index contributed by atoms with van der Waals surface area (Å²) < 4.78 is 4.79. The lowest BCUT2D eigenvalue weighted by Crippen LogP contribution is -2.44. The number of esters is 1. The van der Waals surface area contributed by atoms with Crippen molar-refractivity contribution in [1.82, 2.24) is 0 Å². The summed E-state index contributed by atoms with van der Waals surface area (Å²) >= 11 is 1.25. The third-order valence-electron chi connectivity index (χ3n) is 3.51. The summed E-state index contributed by atoms with van der Waals surface area (Å²) in [6, 6.07) is 18.6. The minimum absolute atomic E-state index is 0.0834. The highest BCUT2D eigenvalue weighted by Crippen LogP contribution is 2.32. The maximum absolute atomic E-state index is 12.7. The smallest absolute Gasteiger partial charge is 0.319 e. The molecule has 0 spiro atoms. The molecule has 0 aliphatic carbocycles. The molecular formula is C18H16N2O3S. The van der Waals surface area contributed by atoms with E-state index in [-0.39, 0.29) is 12.3 Å². The van der Waals surface area contributed by atoms with Crippen molar-refractivity contribution in [3.63, 3.8) is 0 Å². The monoisotopic (exact) mass is 340 g/mol. The molecule has 1 fully saturated rings. The number of thioether (sulfide) groups is 1. The molecular weight excluding hydrogens is 324 g/mol. The Labute approximate surface area is 144 Å². The first-order valence-electron chi connectivity index (χ1n) is 7.45. The molecule has 3 rings (SSSR count). The summed E-state index contributed by atoms with van der Waals surface area (Å²) in [5, 5.41) is -0.107. The van der Waals surface area contributed by atoms with Gasteiger partial charge >= 0.3 is 5.97 Å². The Morgan fingerprint density at radius 3 is 2.38 bits per heavy atom. The van der Waals surface area contributed by atoms with Gasteiger partial charge in [-0.15, -0.1) is 0 Å². The first-order chi connectivity index (χ1) is 11.7. The molecule has 2 aromatic carbocycles. The highest BCUT2D eigenvalue weighted by Gasteiger charge is 2.37. The maximum Gasteiger partial charge on any atom is 0.319 e. The fraction of sp³-hybridized carbons (Fsp3) is 0.167. The number of hydrogen-bond donors (Lipinski definition) is 0. The summed E-state index contributed by atoms with van der Waals surface area (Å²) in [5.41, 5.74) is 1.45. The number of methoxy groups -OCH3 is 1. The number of ether oxygens (including phenoxy) is 1. The summed E-state index contributed by atoms with van der Waals surface area (Å²) in [7, 11) is 1.32. The number of benzene rings is 2. The lowest BCUT2D eigenvalue weighted by Gasteiger charge is -2.31. The van der Waals surface area contributed by atoms with Crippen LogP contribution in [0.5, 0.6) is 0 Å². The van der Waals surface area contributed by atoms with E-state index < -0.39 is 11.2 Å². The van der Waals surface area contributed by atoms with Gasteiger partial charge in [-0.25, -0.2) is 4.99 Å². The molecule has 122 valence electrons. The van der Waals surface area contributed by atoms with E-state index in [9.17, 15) is 9.59 Å². The molecule has 1 amide bonds. The van der Waals surface area contributed by atoms with Gasteiger partial charge in [0.05, 0.1) is 24.9 Å².